The van der Waals surface area contributed by atoms with Crippen LogP contribution in [0.3, 0.4) is 0 Å². The molecule has 0 aliphatic carbocycles. The number of oxazole rings is 1. The number of rotatable bonds is 3. The van der Waals surface area contributed by atoms with Gasteiger partial charge < -0.3 is 15.1 Å². The van der Waals surface area contributed by atoms with Crippen LogP contribution in [0, 0.1) is 6.92 Å². The zero-order valence-electron chi connectivity index (χ0n) is 12.2. The molecule has 1 aliphatic heterocycles. The molecule has 2 aromatic rings. The summed E-state index contributed by atoms with van der Waals surface area (Å²) in [6.45, 7) is 8.85. The topological polar surface area (TPSA) is 58.5 Å². The van der Waals surface area contributed by atoms with Gasteiger partial charge in [0.15, 0.2) is 5.58 Å². The van der Waals surface area contributed by atoms with Gasteiger partial charge in [0, 0.05) is 38.8 Å². The highest BCUT2D eigenvalue weighted by molar-refractivity contribution is 5.75. The predicted molar refractivity (Wildman–Crippen MR) is 81.0 cm³/mol. The molecule has 1 aromatic carbocycles. The molecule has 1 aliphatic rings. The molecule has 5 nitrogen and oxygen atoms in total. The van der Waals surface area contributed by atoms with E-state index in [1.807, 2.05) is 12.1 Å². The number of hydrogen-bond acceptors (Lipinski definition) is 5. The lowest BCUT2D eigenvalue weighted by atomic mass is 10.2. The molecule has 2 heterocycles. The molecule has 1 fully saturated rings. The van der Waals surface area contributed by atoms with Gasteiger partial charge in [-0.15, -0.1) is 0 Å². The molecule has 0 radical (unpaired) electrons. The Morgan fingerprint density at radius 2 is 2.05 bits per heavy atom. The van der Waals surface area contributed by atoms with Gasteiger partial charge in [-0.3, -0.25) is 4.90 Å². The van der Waals surface area contributed by atoms with Crippen LogP contribution in [0.2, 0.25) is 0 Å². The molecule has 108 valence electrons. The second-order valence-electron chi connectivity index (χ2n) is 5.58. The fourth-order valence-electron chi connectivity index (χ4n) is 2.66. The Hall–Kier alpha value is -1.59. The van der Waals surface area contributed by atoms with E-state index in [-0.39, 0.29) is 0 Å². The Morgan fingerprint density at radius 1 is 1.30 bits per heavy atom. The quantitative estimate of drug-likeness (QED) is 0.921. The maximum atomic E-state index is 5.88. The van der Waals surface area contributed by atoms with Gasteiger partial charge in [-0.1, -0.05) is 6.07 Å². The standard InChI is InChI=1S/C15H22N4O/c1-11-3-4-13-14(9-11)20-15(17-13)19-7-5-18(6-8-19)12(2)10-16/h3-4,9,12H,5-8,10,16H2,1-2H3. The van der Waals surface area contributed by atoms with Crippen LogP contribution >= 0.6 is 0 Å². The van der Waals surface area contributed by atoms with Crippen LogP contribution in [-0.4, -0.2) is 48.6 Å². The molecule has 1 aromatic heterocycles. The summed E-state index contributed by atoms with van der Waals surface area (Å²) >= 11 is 0. The monoisotopic (exact) mass is 274 g/mol. The van der Waals surface area contributed by atoms with E-state index in [1.54, 1.807) is 0 Å². The van der Waals surface area contributed by atoms with Crippen LogP contribution in [0.4, 0.5) is 6.01 Å². The summed E-state index contributed by atoms with van der Waals surface area (Å²) in [5.41, 5.74) is 8.73. The summed E-state index contributed by atoms with van der Waals surface area (Å²) in [5, 5.41) is 0. The van der Waals surface area contributed by atoms with Crippen molar-refractivity contribution in [1.82, 2.24) is 9.88 Å². The summed E-state index contributed by atoms with van der Waals surface area (Å²) in [5.74, 6) is 0. The molecule has 0 saturated carbocycles. The van der Waals surface area contributed by atoms with Crippen molar-refractivity contribution in [2.45, 2.75) is 19.9 Å². The van der Waals surface area contributed by atoms with Crippen molar-refractivity contribution in [3.8, 4) is 0 Å². The molecular formula is C15H22N4O. The highest BCUT2D eigenvalue weighted by Crippen LogP contribution is 2.23. The van der Waals surface area contributed by atoms with Crippen molar-refractivity contribution < 1.29 is 4.42 Å². The Balaban J connectivity index is 1.73. The van der Waals surface area contributed by atoms with Crippen LogP contribution in [0.1, 0.15) is 12.5 Å². The van der Waals surface area contributed by atoms with Crippen molar-refractivity contribution in [2.24, 2.45) is 5.73 Å². The first-order valence-electron chi connectivity index (χ1n) is 7.23. The lowest BCUT2D eigenvalue weighted by Gasteiger charge is -2.36. The van der Waals surface area contributed by atoms with Crippen LogP contribution < -0.4 is 10.6 Å². The van der Waals surface area contributed by atoms with Crippen molar-refractivity contribution in [2.75, 3.05) is 37.6 Å². The third-order valence-electron chi connectivity index (χ3n) is 4.08. The molecule has 20 heavy (non-hydrogen) atoms. The van der Waals surface area contributed by atoms with Gasteiger partial charge in [0.1, 0.15) is 5.52 Å². The lowest BCUT2D eigenvalue weighted by molar-refractivity contribution is 0.198. The Bertz CT molecular complexity index is 587. The summed E-state index contributed by atoms with van der Waals surface area (Å²) in [7, 11) is 0. The maximum Gasteiger partial charge on any atom is 0.298 e. The Morgan fingerprint density at radius 3 is 2.75 bits per heavy atom. The summed E-state index contributed by atoms with van der Waals surface area (Å²) in [6, 6.07) is 7.31. The molecule has 1 unspecified atom stereocenters. The molecular weight excluding hydrogens is 252 g/mol. The molecule has 1 saturated heterocycles. The van der Waals surface area contributed by atoms with Crippen LogP contribution in [-0.2, 0) is 0 Å². The largest absolute Gasteiger partial charge is 0.423 e. The maximum absolute atomic E-state index is 5.88. The van der Waals surface area contributed by atoms with Crippen LogP contribution in [0.15, 0.2) is 22.6 Å². The van der Waals surface area contributed by atoms with Crippen LogP contribution in [0.5, 0.6) is 0 Å². The van der Waals surface area contributed by atoms with Gasteiger partial charge in [-0.25, -0.2) is 0 Å². The minimum absolute atomic E-state index is 0.448. The zero-order chi connectivity index (χ0) is 14.1. The number of aromatic nitrogens is 1. The molecule has 3 rings (SSSR count). The number of hydrogen-bond donors (Lipinski definition) is 1. The first-order valence-corrected chi connectivity index (χ1v) is 7.23. The smallest absolute Gasteiger partial charge is 0.298 e. The van der Waals surface area contributed by atoms with Gasteiger partial charge in [0.2, 0.25) is 0 Å². The van der Waals surface area contributed by atoms with Gasteiger partial charge >= 0.3 is 0 Å². The van der Waals surface area contributed by atoms with E-state index in [1.165, 1.54) is 5.56 Å². The number of nitrogens with two attached hydrogens (primary N) is 1. The zero-order valence-corrected chi connectivity index (χ0v) is 12.2. The average Bonchev–Trinajstić information content (AvgIpc) is 2.89. The Labute approximate surface area is 119 Å². The SMILES string of the molecule is Cc1ccc2nc(N3CCN(C(C)CN)CC3)oc2c1. The van der Waals surface area contributed by atoms with E-state index in [0.717, 1.165) is 43.3 Å². The van der Waals surface area contributed by atoms with Crippen molar-refractivity contribution >= 4 is 17.1 Å². The Kier molecular flexibility index (Phi) is 3.63. The fourth-order valence-corrected chi connectivity index (χ4v) is 2.66. The van der Waals surface area contributed by atoms with Crippen molar-refractivity contribution in [1.29, 1.82) is 0 Å². The third kappa shape index (κ3) is 2.51. The number of piperazine rings is 1. The molecule has 5 heteroatoms. The molecule has 0 spiro atoms. The molecule has 0 amide bonds. The minimum atomic E-state index is 0.448. The second-order valence-corrected chi connectivity index (χ2v) is 5.58. The van der Waals surface area contributed by atoms with Crippen molar-refractivity contribution in [3.05, 3.63) is 23.8 Å². The summed E-state index contributed by atoms with van der Waals surface area (Å²) in [4.78, 5) is 9.22. The summed E-state index contributed by atoms with van der Waals surface area (Å²) < 4.78 is 5.88. The number of nitrogens with zero attached hydrogens (tertiary/aromatic N) is 3. The van der Waals surface area contributed by atoms with Gasteiger partial charge in [-0.05, 0) is 31.5 Å². The van der Waals surface area contributed by atoms with E-state index in [2.05, 4.69) is 34.7 Å². The highest BCUT2D eigenvalue weighted by atomic mass is 16.4. The first-order chi connectivity index (χ1) is 9.67. The van der Waals surface area contributed by atoms with Gasteiger partial charge in [-0.2, -0.15) is 4.98 Å². The second kappa shape index (κ2) is 5.42. The summed E-state index contributed by atoms with van der Waals surface area (Å²) in [6.07, 6.45) is 0. The number of benzene rings is 1. The van der Waals surface area contributed by atoms with E-state index in [4.69, 9.17) is 10.2 Å². The van der Waals surface area contributed by atoms with E-state index >= 15 is 0 Å². The van der Waals surface area contributed by atoms with E-state index in [9.17, 15) is 0 Å². The fraction of sp³-hybridized carbons (Fsp3) is 0.533. The number of aryl methyl sites for hydroxylation is 1. The van der Waals surface area contributed by atoms with Crippen LogP contribution in [0.25, 0.3) is 11.1 Å². The average molecular weight is 274 g/mol. The highest BCUT2D eigenvalue weighted by Gasteiger charge is 2.23. The molecule has 1 atom stereocenters. The number of fused-ring (bicyclic) bond motifs is 1. The molecule has 0 bridgehead atoms. The lowest BCUT2D eigenvalue weighted by Crippen LogP contribution is -2.51. The number of anilines is 1. The van der Waals surface area contributed by atoms with Gasteiger partial charge in [0.25, 0.3) is 6.01 Å². The first kappa shape index (κ1) is 13.4. The predicted octanol–water partition coefficient (Wildman–Crippen LogP) is 1.61. The van der Waals surface area contributed by atoms with Crippen molar-refractivity contribution in [3.63, 3.8) is 0 Å². The normalized spacial score (nSPS) is 18.6. The molecule has 2 N–H and O–H groups in total. The van der Waals surface area contributed by atoms with E-state index in [0.29, 0.717) is 12.6 Å². The minimum Gasteiger partial charge on any atom is -0.423 e. The van der Waals surface area contributed by atoms with Gasteiger partial charge in [0.05, 0.1) is 0 Å². The third-order valence-corrected chi connectivity index (χ3v) is 4.08. The van der Waals surface area contributed by atoms with E-state index < -0.39 is 0 Å².